The van der Waals surface area contributed by atoms with Gasteiger partial charge in [0.1, 0.15) is 6.61 Å². The molecule has 0 radical (unpaired) electrons. The molecule has 0 spiro atoms. The van der Waals surface area contributed by atoms with Crippen molar-refractivity contribution in [1.82, 2.24) is 0 Å². The average Bonchev–Trinajstić information content (AvgIpc) is 2.52. The lowest BCUT2D eigenvalue weighted by atomic mass is 10.2. The first-order valence-electron chi connectivity index (χ1n) is 6.85. The summed E-state index contributed by atoms with van der Waals surface area (Å²) in [5, 5.41) is 7.86. The lowest BCUT2D eigenvalue weighted by Gasteiger charge is -2.04. The van der Waals surface area contributed by atoms with Gasteiger partial charge in [-0.15, -0.1) is 0 Å². The summed E-state index contributed by atoms with van der Waals surface area (Å²) in [5.41, 5.74) is 2.77. The number of ether oxygens (including phenoxy) is 1. The van der Waals surface area contributed by atoms with Crippen LogP contribution in [0.3, 0.4) is 0 Å². The molecule has 0 heterocycles. The Hall–Kier alpha value is -2.75. The zero-order valence-corrected chi connectivity index (χ0v) is 12.4. The third kappa shape index (κ3) is 4.66. The van der Waals surface area contributed by atoms with Crippen molar-refractivity contribution in [2.24, 2.45) is 10.2 Å². The fraction of sp³-hybridized carbons (Fsp3) is 0.111. The molecule has 0 amide bonds. The predicted octanol–water partition coefficient (Wildman–Crippen LogP) is 4.15. The number of hydrogen-bond donors (Lipinski definition) is 0. The van der Waals surface area contributed by atoms with Crippen molar-refractivity contribution in [2.75, 3.05) is 6.61 Å². The summed E-state index contributed by atoms with van der Waals surface area (Å²) >= 11 is 0. The fourth-order valence-electron chi connectivity index (χ4n) is 1.72. The van der Waals surface area contributed by atoms with E-state index in [1.165, 1.54) is 17.8 Å². The molecule has 0 unspecified atom stereocenters. The van der Waals surface area contributed by atoms with Crippen LogP contribution in [-0.4, -0.2) is 19.0 Å². The molecule has 0 N–H and O–H groups in total. The third-order valence-corrected chi connectivity index (χ3v) is 2.87. The molecule has 0 atom stereocenters. The highest BCUT2D eigenvalue weighted by atomic mass is 19.1. The molecule has 0 aliphatic heterocycles. The van der Waals surface area contributed by atoms with Gasteiger partial charge in [-0.2, -0.15) is 10.2 Å². The van der Waals surface area contributed by atoms with Gasteiger partial charge in [-0.3, -0.25) is 0 Å². The minimum atomic E-state index is -0.437. The lowest BCUT2D eigenvalue weighted by molar-refractivity contribution is 0.342. The average molecular weight is 296 g/mol. The summed E-state index contributed by atoms with van der Waals surface area (Å²) in [7, 11) is 0. The van der Waals surface area contributed by atoms with Crippen molar-refractivity contribution in [3.8, 4) is 5.75 Å². The van der Waals surface area contributed by atoms with Crippen LogP contribution in [0.1, 0.15) is 16.7 Å². The zero-order chi connectivity index (χ0) is 15.8. The van der Waals surface area contributed by atoms with Crippen LogP contribution in [-0.2, 0) is 0 Å². The van der Waals surface area contributed by atoms with Gasteiger partial charge in [-0.25, -0.2) is 4.39 Å². The minimum absolute atomic E-state index is 0.195. The van der Waals surface area contributed by atoms with Crippen LogP contribution >= 0.6 is 0 Å². The molecule has 0 saturated carbocycles. The molecule has 0 saturated heterocycles. The Kier molecular flexibility index (Phi) is 5.60. The molecule has 2 aromatic rings. The van der Waals surface area contributed by atoms with Crippen LogP contribution < -0.4 is 4.74 Å². The Morgan fingerprint density at radius 1 is 1.05 bits per heavy atom. The molecule has 0 fully saturated rings. The highest BCUT2D eigenvalue weighted by Crippen LogP contribution is 2.17. The summed E-state index contributed by atoms with van der Waals surface area (Å²) in [4.78, 5) is 0. The van der Waals surface area contributed by atoms with E-state index >= 15 is 0 Å². The van der Waals surface area contributed by atoms with Crippen LogP contribution in [0.5, 0.6) is 5.75 Å². The second-order valence-corrected chi connectivity index (χ2v) is 4.69. The van der Waals surface area contributed by atoms with E-state index in [0.29, 0.717) is 5.56 Å². The van der Waals surface area contributed by atoms with Crippen molar-refractivity contribution < 1.29 is 9.13 Å². The van der Waals surface area contributed by atoms with Gasteiger partial charge >= 0.3 is 0 Å². The predicted molar refractivity (Wildman–Crippen MR) is 88.5 cm³/mol. The first kappa shape index (κ1) is 15.6. The normalized spacial score (nSPS) is 11.2. The second kappa shape index (κ2) is 7.88. The van der Waals surface area contributed by atoms with Gasteiger partial charge < -0.3 is 4.74 Å². The Morgan fingerprint density at radius 3 is 2.32 bits per heavy atom. The molecule has 22 heavy (non-hydrogen) atoms. The molecule has 0 aliphatic carbocycles. The van der Waals surface area contributed by atoms with Gasteiger partial charge in [0.25, 0.3) is 0 Å². The van der Waals surface area contributed by atoms with E-state index in [1.807, 2.05) is 31.2 Å². The number of rotatable bonds is 6. The van der Waals surface area contributed by atoms with Crippen LogP contribution in [0.15, 0.2) is 65.3 Å². The van der Waals surface area contributed by atoms with Crippen molar-refractivity contribution in [1.29, 1.82) is 0 Å². The third-order valence-electron chi connectivity index (χ3n) is 2.87. The number of benzene rings is 2. The van der Waals surface area contributed by atoms with E-state index in [9.17, 15) is 4.39 Å². The Bertz CT molecular complexity index is 691. The van der Waals surface area contributed by atoms with E-state index < -0.39 is 5.82 Å². The molecule has 0 aliphatic rings. The monoisotopic (exact) mass is 296 g/mol. The summed E-state index contributed by atoms with van der Waals surface area (Å²) in [6.45, 7) is 5.81. The van der Waals surface area contributed by atoms with Crippen LogP contribution in [0, 0.1) is 12.7 Å². The minimum Gasteiger partial charge on any atom is -0.486 e. The van der Waals surface area contributed by atoms with Gasteiger partial charge in [-0.1, -0.05) is 42.5 Å². The van der Waals surface area contributed by atoms with Crippen LogP contribution in [0.2, 0.25) is 0 Å². The summed E-state index contributed by atoms with van der Waals surface area (Å²) in [5.74, 6) is -0.242. The number of aryl methyl sites for hydroxylation is 1. The highest BCUT2D eigenvalue weighted by Gasteiger charge is 2.02. The van der Waals surface area contributed by atoms with Gasteiger partial charge in [-0.05, 0) is 36.2 Å². The van der Waals surface area contributed by atoms with Gasteiger partial charge in [0.2, 0.25) is 0 Å². The summed E-state index contributed by atoms with van der Waals surface area (Å²) < 4.78 is 18.9. The summed E-state index contributed by atoms with van der Waals surface area (Å²) in [6.07, 6.45) is 4.70. The fourth-order valence-corrected chi connectivity index (χ4v) is 1.72. The number of nitrogens with zero attached hydrogens (tertiary/aromatic N) is 2. The smallest absolute Gasteiger partial charge is 0.165 e. The Labute approximate surface area is 129 Å². The Balaban J connectivity index is 1.99. The van der Waals surface area contributed by atoms with E-state index in [1.54, 1.807) is 24.4 Å². The molecular weight excluding hydrogens is 279 g/mol. The number of hydrogen-bond acceptors (Lipinski definition) is 3. The van der Waals surface area contributed by atoms with Crippen molar-refractivity contribution in [2.45, 2.75) is 6.92 Å². The first-order chi connectivity index (χ1) is 10.7. The maximum atomic E-state index is 13.7. The molecule has 4 heteroatoms. The maximum absolute atomic E-state index is 13.7. The van der Waals surface area contributed by atoms with Crippen molar-refractivity contribution >= 4 is 12.4 Å². The lowest BCUT2D eigenvalue weighted by Crippen LogP contribution is -1.96. The van der Waals surface area contributed by atoms with Crippen LogP contribution in [0.4, 0.5) is 4.39 Å². The first-order valence-corrected chi connectivity index (χ1v) is 6.85. The van der Waals surface area contributed by atoms with E-state index in [4.69, 9.17) is 4.74 Å². The van der Waals surface area contributed by atoms with Gasteiger partial charge in [0, 0.05) is 0 Å². The van der Waals surface area contributed by atoms with Gasteiger partial charge in [0.05, 0.1) is 12.4 Å². The summed E-state index contributed by atoms with van der Waals surface area (Å²) in [6, 6.07) is 12.5. The van der Waals surface area contributed by atoms with E-state index in [2.05, 4.69) is 16.8 Å². The standard InChI is InChI=1S/C18H17FN2O/c1-3-10-22-18-9-8-16(11-17(18)19)13-21-20-12-15-6-4-14(2)5-7-15/h3-9,11-13H,1,10H2,2H3/b20-12+,21-13-. The Morgan fingerprint density at radius 2 is 1.68 bits per heavy atom. The second-order valence-electron chi connectivity index (χ2n) is 4.69. The topological polar surface area (TPSA) is 34.0 Å². The molecule has 2 rings (SSSR count). The number of halogens is 1. The van der Waals surface area contributed by atoms with Crippen LogP contribution in [0.25, 0.3) is 0 Å². The quantitative estimate of drug-likeness (QED) is 0.448. The molecule has 2 aromatic carbocycles. The maximum Gasteiger partial charge on any atom is 0.165 e. The molecule has 112 valence electrons. The molecule has 0 aromatic heterocycles. The van der Waals surface area contributed by atoms with Crippen molar-refractivity contribution in [3.63, 3.8) is 0 Å². The van der Waals surface area contributed by atoms with E-state index in [-0.39, 0.29) is 12.4 Å². The molecular formula is C18H17FN2O. The highest BCUT2D eigenvalue weighted by molar-refractivity contribution is 5.82. The largest absolute Gasteiger partial charge is 0.486 e. The zero-order valence-electron chi connectivity index (χ0n) is 12.4. The SMILES string of the molecule is C=CCOc1ccc(/C=N\N=C\c2ccc(C)cc2)cc1F. The molecule has 0 bridgehead atoms. The molecule has 3 nitrogen and oxygen atoms in total. The van der Waals surface area contributed by atoms with Crippen molar-refractivity contribution in [3.05, 3.63) is 77.6 Å². The van der Waals surface area contributed by atoms with Gasteiger partial charge in [0.15, 0.2) is 11.6 Å². The van der Waals surface area contributed by atoms with E-state index in [0.717, 1.165) is 5.56 Å².